The number of aryl methyl sites for hydroxylation is 2. The Hall–Kier alpha value is -3.17. The molecule has 3 aromatic rings. The number of carbonyl (C=O) groups is 1. The highest BCUT2D eigenvalue weighted by Crippen LogP contribution is 2.26. The second kappa shape index (κ2) is 9.10. The molecule has 1 heterocycles. The van der Waals surface area contributed by atoms with E-state index in [1.54, 1.807) is 0 Å². The molecular formula is C27H28N2O. The number of benzene rings is 3. The van der Waals surface area contributed by atoms with Crippen LogP contribution in [-0.4, -0.2) is 19.0 Å². The maximum Gasteiger partial charge on any atom is 0.228 e. The monoisotopic (exact) mass is 396 g/mol. The molecule has 0 aliphatic carbocycles. The third kappa shape index (κ3) is 4.87. The van der Waals surface area contributed by atoms with Crippen LogP contribution in [-0.2, 0) is 11.2 Å². The van der Waals surface area contributed by atoms with Crippen LogP contribution < -0.4 is 10.6 Å². The summed E-state index contributed by atoms with van der Waals surface area (Å²) in [7, 11) is 0. The summed E-state index contributed by atoms with van der Waals surface area (Å²) < 4.78 is 0. The molecule has 4 rings (SSSR count). The van der Waals surface area contributed by atoms with Gasteiger partial charge in [0.25, 0.3) is 0 Å². The molecule has 0 atom stereocenters. The van der Waals surface area contributed by atoms with E-state index in [1.807, 2.05) is 12.1 Å². The van der Waals surface area contributed by atoms with Crippen molar-refractivity contribution in [2.75, 3.05) is 18.4 Å². The summed E-state index contributed by atoms with van der Waals surface area (Å²) in [6.07, 6.45) is 3.67. The molecule has 1 aliphatic rings. The minimum atomic E-state index is 0.00287. The normalized spacial score (nSPS) is 13.6. The summed E-state index contributed by atoms with van der Waals surface area (Å²) in [5, 5.41) is 6.35. The van der Waals surface area contributed by atoms with Gasteiger partial charge in [-0.1, -0.05) is 66.2 Å². The molecule has 0 saturated carbocycles. The Labute approximate surface area is 178 Å². The smallest absolute Gasteiger partial charge is 0.228 e. The van der Waals surface area contributed by atoms with E-state index in [1.165, 1.54) is 27.8 Å². The lowest BCUT2D eigenvalue weighted by atomic mass is 9.98. The first-order valence-corrected chi connectivity index (χ1v) is 10.5. The van der Waals surface area contributed by atoms with E-state index in [0.29, 0.717) is 6.42 Å². The summed E-state index contributed by atoms with van der Waals surface area (Å²) in [6.45, 7) is 6.19. The average molecular weight is 397 g/mol. The van der Waals surface area contributed by atoms with Crippen LogP contribution in [0, 0.1) is 13.8 Å². The van der Waals surface area contributed by atoms with E-state index in [9.17, 15) is 4.79 Å². The molecule has 30 heavy (non-hydrogen) atoms. The van der Waals surface area contributed by atoms with Gasteiger partial charge in [-0.15, -0.1) is 0 Å². The van der Waals surface area contributed by atoms with Gasteiger partial charge in [-0.2, -0.15) is 0 Å². The molecule has 0 fully saturated rings. The Kier molecular flexibility index (Phi) is 6.10. The van der Waals surface area contributed by atoms with Gasteiger partial charge in [0, 0.05) is 12.2 Å². The first-order valence-electron chi connectivity index (χ1n) is 10.5. The number of carbonyl (C=O) groups excluding carboxylic acids is 1. The molecule has 1 aliphatic heterocycles. The minimum absolute atomic E-state index is 0.00287. The lowest BCUT2D eigenvalue weighted by Crippen LogP contribution is -2.20. The topological polar surface area (TPSA) is 41.1 Å². The van der Waals surface area contributed by atoms with Gasteiger partial charge in [-0.25, -0.2) is 0 Å². The molecule has 0 bridgehead atoms. The van der Waals surface area contributed by atoms with Gasteiger partial charge in [0.15, 0.2) is 0 Å². The lowest BCUT2D eigenvalue weighted by Gasteiger charge is -2.14. The Balaban J connectivity index is 1.37. The molecule has 3 aromatic carbocycles. The van der Waals surface area contributed by atoms with Crippen molar-refractivity contribution in [3.63, 3.8) is 0 Å². The zero-order valence-electron chi connectivity index (χ0n) is 17.7. The van der Waals surface area contributed by atoms with Crippen LogP contribution in [0.5, 0.6) is 0 Å². The first kappa shape index (κ1) is 20.1. The van der Waals surface area contributed by atoms with E-state index in [4.69, 9.17) is 0 Å². The van der Waals surface area contributed by atoms with Crippen LogP contribution in [0.2, 0.25) is 0 Å². The molecule has 0 radical (unpaired) electrons. The largest absolute Gasteiger partial charge is 0.326 e. The van der Waals surface area contributed by atoms with Gasteiger partial charge in [0.05, 0.1) is 6.42 Å². The van der Waals surface area contributed by atoms with Crippen LogP contribution in [0.15, 0.2) is 72.8 Å². The molecule has 0 spiro atoms. The Morgan fingerprint density at radius 3 is 2.33 bits per heavy atom. The van der Waals surface area contributed by atoms with Crippen LogP contribution in [0.4, 0.5) is 5.69 Å². The molecule has 152 valence electrons. The SMILES string of the molecule is Cc1ccc(-c2ccc(NC(=O)Cc3ccc(C4=CCNCC4)cc3)cc2)c(C)c1. The van der Waals surface area contributed by atoms with Crippen molar-refractivity contribution < 1.29 is 4.79 Å². The van der Waals surface area contributed by atoms with Crippen molar-refractivity contribution in [3.8, 4) is 11.1 Å². The van der Waals surface area contributed by atoms with E-state index < -0.39 is 0 Å². The standard InChI is InChI=1S/C27H28N2O/c1-19-3-12-26(20(2)17-19)24-8-10-25(11-9-24)29-27(30)18-21-4-6-22(7-5-21)23-13-15-28-16-14-23/h3-13,17,28H,14-16,18H2,1-2H3,(H,29,30). The van der Waals surface area contributed by atoms with Crippen molar-refractivity contribution in [1.29, 1.82) is 0 Å². The van der Waals surface area contributed by atoms with E-state index in [-0.39, 0.29) is 5.91 Å². The van der Waals surface area contributed by atoms with Crippen LogP contribution in [0.3, 0.4) is 0 Å². The molecular weight excluding hydrogens is 368 g/mol. The number of hydrogen-bond donors (Lipinski definition) is 2. The Morgan fingerprint density at radius 2 is 1.67 bits per heavy atom. The molecule has 3 heteroatoms. The zero-order valence-corrected chi connectivity index (χ0v) is 17.7. The van der Waals surface area contributed by atoms with Gasteiger partial charge in [-0.05, 0) is 72.3 Å². The minimum Gasteiger partial charge on any atom is -0.326 e. The van der Waals surface area contributed by atoms with Gasteiger partial charge >= 0.3 is 0 Å². The fourth-order valence-electron chi connectivity index (χ4n) is 3.98. The molecule has 0 unspecified atom stereocenters. The summed E-state index contributed by atoms with van der Waals surface area (Å²) >= 11 is 0. The lowest BCUT2D eigenvalue weighted by molar-refractivity contribution is -0.115. The van der Waals surface area contributed by atoms with Crippen LogP contribution >= 0.6 is 0 Å². The molecule has 1 amide bonds. The van der Waals surface area contributed by atoms with Gasteiger partial charge in [-0.3, -0.25) is 4.79 Å². The second-order valence-electron chi connectivity index (χ2n) is 8.00. The Morgan fingerprint density at radius 1 is 0.933 bits per heavy atom. The summed E-state index contributed by atoms with van der Waals surface area (Å²) in [5.74, 6) is 0.00287. The predicted molar refractivity (Wildman–Crippen MR) is 126 cm³/mol. The summed E-state index contributed by atoms with van der Waals surface area (Å²) in [6, 6.07) is 22.9. The number of amides is 1. The van der Waals surface area contributed by atoms with Crippen molar-refractivity contribution in [1.82, 2.24) is 5.32 Å². The summed E-state index contributed by atoms with van der Waals surface area (Å²) in [5.41, 5.74) is 9.39. The van der Waals surface area contributed by atoms with Crippen molar-refractivity contribution in [2.24, 2.45) is 0 Å². The summed E-state index contributed by atoms with van der Waals surface area (Å²) in [4.78, 5) is 12.5. The third-order valence-corrected chi connectivity index (χ3v) is 5.61. The first-order chi connectivity index (χ1) is 14.6. The quantitative estimate of drug-likeness (QED) is 0.595. The highest BCUT2D eigenvalue weighted by atomic mass is 16.1. The molecule has 0 aromatic heterocycles. The van der Waals surface area contributed by atoms with Crippen molar-refractivity contribution >= 4 is 17.2 Å². The molecule has 2 N–H and O–H groups in total. The number of anilines is 1. The molecule has 0 saturated heterocycles. The maximum atomic E-state index is 12.5. The van der Waals surface area contributed by atoms with Crippen molar-refractivity contribution in [2.45, 2.75) is 26.7 Å². The van der Waals surface area contributed by atoms with Crippen LogP contribution in [0.1, 0.15) is 28.7 Å². The fourth-order valence-corrected chi connectivity index (χ4v) is 3.98. The maximum absolute atomic E-state index is 12.5. The Bertz CT molecular complexity index is 1060. The second-order valence-corrected chi connectivity index (χ2v) is 8.00. The number of nitrogens with one attached hydrogen (secondary N) is 2. The highest BCUT2D eigenvalue weighted by Gasteiger charge is 2.08. The van der Waals surface area contributed by atoms with Gasteiger partial charge in [0.1, 0.15) is 0 Å². The molecule has 3 nitrogen and oxygen atoms in total. The number of hydrogen-bond acceptors (Lipinski definition) is 2. The fraction of sp³-hybridized carbons (Fsp3) is 0.222. The van der Waals surface area contributed by atoms with Crippen molar-refractivity contribution in [3.05, 3.63) is 95.1 Å². The third-order valence-electron chi connectivity index (χ3n) is 5.61. The van der Waals surface area contributed by atoms with Crippen LogP contribution in [0.25, 0.3) is 16.7 Å². The number of rotatable bonds is 5. The van der Waals surface area contributed by atoms with Gasteiger partial charge < -0.3 is 10.6 Å². The van der Waals surface area contributed by atoms with Gasteiger partial charge in [0.2, 0.25) is 5.91 Å². The average Bonchev–Trinajstić information content (AvgIpc) is 2.76. The van der Waals surface area contributed by atoms with E-state index in [2.05, 4.69) is 85.2 Å². The zero-order chi connectivity index (χ0) is 20.9. The predicted octanol–water partition coefficient (Wildman–Crippen LogP) is 5.53. The highest BCUT2D eigenvalue weighted by molar-refractivity contribution is 5.92. The van der Waals surface area contributed by atoms with E-state index >= 15 is 0 Å². The van der Waals surface area contributed by atoms with E-state index in [0.717, 1.165) is 36.3 Å².